The van der Waals surface area contributed by atoms with E-state index in [1.807, 2.05) is 12.1 Å². The number of benzene rings is 1. The van der Waals surface area contributed by atoms with Crippen molar-refractivity contribution in [2.24, 2.45) is 0 Å². The number of nitrogens with zero attached hydrogens (tertiary/aromatic N) is 4. The molecule has 0 fully saturated rings. The second-order valence-corrected chi connectivity index (χ2v) is 7.47. The molecule has 1 aromatic carbocycles. The molecule has 1 N–H and O–H groups in total. The summed E-state index contributed by atoms with van der Waals surface area (Å²) >= 11 is 7.30. The standard InChI is InChI=1S/C18H20ClN5O2S/c1-3-11(4-2)17-22-23-18(27-17)20-14(25)9-10-15-21-16(24-26-15)12-5-7-13(19)8-6-12/h5-8,11H,3-4,9-10H2,1-2H3,(H,20,23,25). The van der Waals surface area contributed by atoms with Gasteiger partial charge in [0.1, 0.15) is 5.01 Å². The van der Waals surface area contributed by atoms with E-state index in [1.165, 1.54) is 11.3 Å². The number of carbonyl (C=O) groups is 1. The summed E-state index contributed by atoms with van der Waals surface area (Å²) < 4.78 is 5.22. The quantitative estimate of drug-likeness (QED) is 0.582. The van der Waals surface area contributed by atoms with Crippen LogP contribution in [0.4, 0.5) is 5.13 Å². The smallest absolute Gasteiger partial charge is 0.227 e. The van der Waals surface area contributed by atoms with Crippen molar-refractivity contribution >= 4 is 34.0 Å². The van der Waals surface area contributed by atoms with Crippen molar-refractivity contribution in [1.29, 1.82) is 0 Å². The molecule has 1 amide bonds. The summed E-state index contributed by atoms with van der Waals surface area (Å²) in [6.45, 7) is 4.24. The van der Waals surface area contributed by atoms with E-state index in [4.69, 9.17) is 16.1 Å². The van der Waals surface area contributed by atoms with Gasteiger partial charge in [0, 0.05) is 29.3 Å². The van der Waals surface area contributed by atoms with Gasteiger partial charge in [-0.05, 0) is 37.1 Å². The molecule has 0 aliphatic rings. The number of anilines is 1. The molecular formula is C18H20ClN5O2S. The average Bonchev–Trinajstić information content (AvgIpc) is 3.32. The predicted molar refractivity (Wildman–Crippen MR) is 105 cm³/mol. The summed E-state index contributed by atoms with van der Waals surface area (Å²) in [5, 5.41) is 17.1. The fourth-order valence-corrected chi connectivity index (χ4v) is 3.72. The maximum atomic E-state index is 12.1. The van der Waals surface area contributed by atoms with Crippen LogP contribution in [0.1, 0.15) is 49.9 Å². The number of rotatable bonds is 8. The Balaban J connectivity index is 1.53. The third kappa shape index (κ3) is 5.11. The van der Waals surface area contributed by atoms with Crippen LogP contribution in [-0.4, -0.2) is 26.2 Å². The lowest BCUT2D eigenvalue weighted by Gasteiger charge is -2.05. The number of hydrogen-bond donors (Lipinski definition) is 1. The molecule has 0 saturated carbocycles. The molecule has 3 aromatic rings. The first-order valence-corrected chi connectivity index (χ1v) is 10.00. The zero-order valence-electron chi connectivity index (χ0n) is 15.1. The van der Waals surface area contributed by atoms with Gasteiger partial charge in [-0.2, -0.15) is 4.98 Å². The molecule has 142 valence electrons. The highest BCUT2D eigenvalue weighted by atomic mass is 35.5. The molecule has 0 spiro atoms. The Morgan fingerprint density at radius 2 is 1.96 bits per heavy atom. The highest BCUT2D eigenvalue weighted by molar-refractivity contribution is 7.15. The van der Waals surface area contributed by atoms with Crippen LogP contribution in [-0.2, 0) is 11.2 Å². The summed E-state index contributed by atoms with van der Waals surface area (Å²) in [6.07, 6.45) is 2.59. The van der Waals surface area contributed by atoms with Crippen molar-refractivity contribution in [1.82, 2.24) is 20.3 Å². The number of aromatic nitrogens is 4. The van der Waals surface area contributed by atoms with Gasteiger partial charge in [0.25, 0.3) is 0 Å². The molecule has 2 aromatic heterocycles. The monoisotopic (exact) mass is 405 g/mol. The molecular weight excluding hydrogens is 386 g/mol. The highest BCUT2D eigenvalue weighted by Crippen LogP contribution is 2.28. The highest BCUT2D eigenvalue weighted by Gasteiger charge is 2.15. The summed E-state index contributed by atoms with van der Waals surface area (Å²) in [5.41, 5.74) is 0.807. The van der Waals surface area contributed by atoms with Crippen LogP contribution in [0.3, 0.4) is 0 Å². The van der Waals surface area contributed by atoms with Gasteiger partial charge in [0.05, 0.1) is 0 Å². The van der Waals surface area contributed by atoms with Gasteiger partial charge >= 0.3 is 0 Å². The zero-order valence-corrected chi connectivity index (χ0v) is 16.7. The largest absolute Gasteiger partial charge is 0.339 e. The van der Waals surface area contributed by atoms with E-state index in [0.717, 1.165) is 23.4 Å². The van der Waals surface area contributed by atoms with Gasteiger partial charge in [-0.15, -0.1) is 10.2 Å². The summed E-state index contributed by atoms with van der Waals surface area (Å²) in [4.78, 5) is 16.5. The number of carbonyl (C=O) groups excluding carboxylic acids is 1. The molecule has 27 heavy (non-hydrogen) atoms. The first kappa shape index (κ1) is 19.4. The molecule has 0 aliphatic carbocycles. The van der Waals surface area contributed by atoms with Crippen LogP contribution in [0, 0.1) is 0 Å². The van der Waals surface area contributed by atoms with Crippen LogP contribution in [0.5, 0.6) is 0 Å². The van der Waals surface area contributed by atoms with E-state index in [0.29, 0.717) is 34.2 Å². The van der Waals surface area contributed by atoms with E-state index < -0.39 is 0 Å². The van der Waals surface area contributed by atoms with Crippen molar-refractivity contribution in [3.8, 4) is 11.4 Å². The molecule has 3 rings (SSSR count). The molecule has 0 bridgehead atoms. The molecule has 7 nitrogen and oxygen atoms in total. The lowest BCUT2D eigenvalue weighted by Crippen LogP contribution is -2.12. The van der Waals surface area contributed by atoms with E-state index >= 15 is 0 Å². The lowest BCUT2D eigenvalue weighted by molar-refractivity contribution is -0.116. The van der Waals surface area contributed by atoms with Crippen LogP contribution < -0.4 is 5.32 Å². The third-order valence-electron chi connectivity index (χ3n) is 4.16. The third-order valence-corrected chi connectivity index (χ3v) is 5.41. The second-order valence-electron chi connectivity index (χ2n) is 6.03. The fourth-order valence-electron chi connectivity index (χ4n) is 2.56. The molecule has 9 heteroatoms. The number of amides is 1. The Bertz CT molecular complexity index is 889. The summed E-state index contributed by atoms with van der Waals surface area (Å²) in [7, 11) is 0. The second kappa shape index (κ2) is 9.05. The van der Waals surface area contributed by atoms with Gasteiger partial charge in [0.15, 0.2) is 0 Å². The number of aryl methyl sites for hydroxylation is 1. The van der Waals surface area contributed by atoms with Crippen LogP contribution in [0.25, 0.3) is 11.4 Å². The summed E-state index contributed by atoms with van der Waals surface area (Å²) in [6, 6.07) is 7.16. The van der Waals surface area contributed by atoms with E-state index in [2.05, 4.69) is 39.5 Å². The SMILES string of the molecule is CCC(CC)c1nnc(NC(=O)CCc2nc(-c3ccc(Cl)cc3)no2)s1. The molecule has 0 aliphatic heterocycles. The van der Waals surface area contributed by atoms with Crippen molar-refractivity contribution in [3.05, 3.63) is 40.2 Å². The topological polar surface area (TPSA) is 93.8 Å². The van der Waals surface area contributed by atoms with Crippen molar-refractivity contribution in [2.75, 3.05) is 5.32 Å². The van der Waals surface area contributed by atoms with Crippen LogP contribution >= 0.6 is 22.9 Å². The Kier molecular flexibility index (Phi) is 6.52. The number of halogens is 1. The van der Waals surface area contributed by atoms with Gasteiger partial charge < -0.3 is 9.84 Å². The minimum Gasteiger partial charge on any atom is -0.339 e. The lowest BCUT2D eigenvalue weighted by atomic mass is 10.1. The fraction of sp³-hybridized carbons (Fsp3) is 0.389. The average molecular weight is 406 g/mol. The van der Waals surface area contributed by atoms with E-state index in [9.17, 15) is 4.79 Å². The summed E-state index contributed by atoms with van der Waals surface area (Å²) in [5.74, 6) is 1.11. The van der Waals surface area contributed by atoms with E-state index in [-0.39, 0.29) is 12.3 Å². The first-order valence-electron chi connectivity index (χ1n) is 8.80. The first-order chi connectivity index (χ1) is 13.1. The van der Waals surface area contributed by atoms with Crippen molar-refractivity contribution in [2.45, 2.75) is 45.4 Å². The van der Waals surface area contributed by atoms with E-state index in [1.54, 1.807) is 12.1 Å². The minimum absolute atomic E-state index is 0.159. The van der Waals surface area contributed by atoms with Gasteiger partial charge in [-0.3, -0.25) is 4.79 Å². The van der Waals surface area contributed by atoms with Crippen molar-refractivity contribution < 1.29 is 9.32 Å². The predicted octanol–water partition coefficient (Wildman–Crippen LogP) is 4.72. The maximum Gasteiger partial charge on any atom is 0.227 e. The number of nitrogens with one attached hydrogen (secondary N) is 1. The maximum absolute atomic E-state index is 12.1. The normalized spacial score (nSPS) is 11.1. The molecule has 0 radical (unpaired) electrons. The Morgan fingerprint density at radius 1 is 1.22 bits per heavy atom. The van der Waals surface area contributed by atoms with Gasteiger partial charge in [-0.1, -0.05) is 41.9 Å². The molecule has 2 heterocycles. The molecule has 0 atom stereocenters. The number of hydrogen-bond acceptors (Lipinski definition) is 7. The van der Waals surface area contributed by atoms with Crippen LogP contribution in [0.15, 0.2) is 28.8 Å². The zero-order chi connectivity index (χ0) is 19.2. The Hall–Kier alpha value is -2.32. The minimum atomic E-state index is -0.159. The Labute approximate surface area is 166 Å². The Morgan fingerprint density at radius 3 is 2.67 bits per heavy atom. The van der Waals surface area contributed by atoms with Crippen molar-refractivity contribution in [3.63, 3.8) is 0 Å². The molecule has 0 unspecified atom stereocenters. The van der Waals surface area contributed by atoms with Gasteiger partial charge in [-0.25, -0.2) is 0 Å². The molecule has 0 saturated heterocycles. The van der Waals surface area contributed by atoms with Gasteiger partial charge in [0.2, 0.25) is 22.8 Å². The van der Waals surface area contributed by atoms with Crippen LogP contribution in [0.2, 0.25) is 5.02 Å².